The van der Waals surface area contributed by atoms with Crippen LogP contribution >= 0.6 is 23.2 Å². The lowest BCUT2D eigenvalue weighted by Crippen LogP contribution is -1.99. The second-order valence-corrected chi connectivity index (χ2v) is 4.83. The molecule has 0 aromatic heterocycles. The van der Waals surface area contributed by atoms with Crippen LogP contribution in [0.25, 0.3) is 0 Å². The highest BCUT2D eigenvalue weighted by atomic mass is 35.5. The first-order chi connectivity index (χ1) is 9.63. The highest BCUT2D eigenvalue weighted by Crippen LogP contribution is 2.29. The van der Waals surface area contributed by atoms with E-state index in [-0.39, 0.29) is 11.6 Å². The molecule has 0 aliphatic heterocycles. The summed E-state index contributed by atoms with van der Waals surface area (Å²) in [5, 5.41) is 0.0952. The Labute approximate surface area is 127 Å². The molecule has 0 aliphatic rings. The Morgan fingerprint density at radius 2 is 1.80 bits per heavy atom. The number of halogens is 3. The first kappa shape index (κ1) is 14.9. The summed E-state index contributed by atoms with van der Waals surface area (Å²) >= 11 is 11.4. The van der Waals surface area contributed by atoms with Gasteiger partial charge in [0.1, 0.15) is 12.4 Å². The molecule has 0 N–H and O–H groups in total. The Hall–Kier alpha value is -1.45. The van der Waals surface area contributed by atoms with E-state index in [1.807, 2.05) is 12.1 Å². The van der Waals surface area contributed by atoms with E-state index in [4.69, 9.17) is 32.7 Å². The van der Waals surface area contributed by atoms with Crippen molar-refractivity contribution >= 4 is 23.2 Å². The van der Waals surface area contributed by atoms with E-state index < -0.39 is 5.82 Å². The van der Waals surface area contributed by atoms with Crippen molar-refractivity contribution in [1.29, 1.82) is 0 Å². The van der Waals surface area contributed by atoms with Crippen molar-refractivity contribution in [2.75, 3.05) is 7.11 Å². The number of ether oxygens (including phenoxy) is 2. The Morgan fingerprint density at radius 3 is 2.45 bits per heavy atom. The summed E-state index contributed by atoms with van der Waals surface area (Å²) in [6.07, 6.45) is 0. The lowest BCUT2D eigenvalue weighted by molar-refractivity contribution is 0.284. The summed E-state index contributed by atoms with van der Waals surface area (Å²) in [7, 11) is 1.56. The molecule has 5 heteroatoms. The van der Waals surface area contributed by atoms with Gasteiger partial charge < -0.3 is 9.47 Å². The van der Waals surface area contributed by atoms with Crippen LogP contribution in [0, 0.1) is 5.82 Å². The third kappa shape index (κ3) is 3.56. The van der Waals surface area contributed by atoms with E-state index in [1.54, 1.807) is 19.2 Å². The third-order valence-corrected chi connectivity index (χ3v) is 3.38. The smallest absolute Gasteiger partial charge is 0.161 e. The fourth-order valence-corrected chi connectivity index (χ4v) is 1.99. The molecule has 0 amide bonds. The van der Waals surface area contributed by atoms with Gasteiger partial charge in [0.15, 0.2) is 11.5 Å². The average Bonchev–Trinajstić information content (AvgIpc) is 2.48. The van der Waals surface area contributed by atoms with Crippen molar-refractivity contribution in [3.8, 4) is 11.5 Å². The zero-order chi connectivity index (χ0) is 14.5. The quantitative estimate of drug-likeness (QED) is 0.738. The SMILES string of the molecule is COc1cc(CCl)ccc1OCc1ccc(Cl)c(F)c1. The van der Waals surface area contributed by atoms with Crippen LogP contribution in [-0.2, 0) is 12.5 Å². The van der Waals surface area contributed by atoms with Gasteiger partial charge in [-0.2, -0.15) is 0 Å². The summed E-state index contributed by atoms with van der Waals surface area (Å²) in [5.74, 6) is 1.12. The highest BCUT2D eigenvalue weighted by Gasteiger charge is 2.07. The fourth-order valence-electron chi connectivity index (χ4n) is 1.70. The van der Waals surface area contributed by atoms with Crippen LogP contribution in [-0.4, -0.2) is 7.11 Å². The molecule has 0 bridgehead atoms. The van der Waals surface area contributed by atoms with Gasteiger partial charge in [-0.3, -0.25) is 0 Å². The van der Waals surface area contributed by atoms with E-state index >= 15 is 0 Å². The molecular weight excluding hydrogens is 302 g/mol. The molecule has 0 saturated carbocycles. The fraction of sp³-hybridized carbons (Fsp3) is 0.200. The number of benzene rings is 2. The molecule has 0 spiro atoms. The summed E-state index contributed by atoms with van der Waals surface area (Å²) in [5.41, 5.74) is 1.63. The van der Waals surface area contributed by atoms with Gasteiger partial charge in [0, 0.05) is 5.88 Å². The molecule has 0 unspecified atom stereocenters. The highest BCUT2D eigenvalue weighted by molar-refractivity contribution is 6.30. The second-order valence-electron chi connectivity index (χ2n) is 4.16. The van der Waals surface area contributed by atoms with Crippen LogP contribution < -0.4 is 9.47 Å². The van der Waals surface area contributed by atoms with Gasteiger partial charge in [-0.05, 0) is 35.4 Å². The first-order valence-electron chi connectivity index (χ1n) is 5.93. The van der Waals surface area contributed by atoms with Crippen molar-refractivity contribution in [2.24, 2.45) is 0 Å². The van der Waals surface area contributed by atoms with Gasteiger partial charge in [0.2, 0.25) is 0 Å². The van der Waals surface area contributed by atoms with Gasteiger partial charge in [0.05, 0.1) is 12.1 Å². The van der Waals surface area contributed by atoms with E-state index in [9.17, 15) is 4.39 Å². The predicted octanol–water partition coefficient (Wildman–Crippen LogP) is 4.81. The van der Waals surface area contributed by atoms with Crippen molar-refractivity contribution in [2.45, 2.75) is 12.5 Å². The van der Waals surface area contributed by atoms with Crippen LogP contribution in [0.2, 0.25) is 5.02 Å². The van der Waals surface area contributed by atoms with Crippen LogP contribution in [0.5, 0.6) is 11.5 Å². The Kier molecular flexibility index (Phi) is 5.10. The van der Waals surface area contributed by atoms with Gasteiger partial charge in [0.25, 0.3) is 0 Å². The topological polar surface area (TPSA) is 18.5 Å². The maximum atomic E-state index is 13.3. The molecule has 20 heavy (non-hydrogen) atoms. The molecule has 2 nitrogen and oxygen atoms in total. The molecular formula is C15H13Cl2FO2. The third-order valence-electron chi connectivity index (χ3n) is 2.76. The predicted molar refractivity (Wildman–Crippen MR) is 78.3 cm³/mol. The molecule has 0 aliphatic carbocycles. The molecule has 0 fully saturated rings. The molecule has 0 atom stereocenters. The molecule has 2 aromatic rings. The lowest BCUT2D eigenvalue weighted by Gasteiger charge is -2.12. The van der Waals surface area contributed by atoms with Crippen LogP contribution in [0.15, 0.2) is 36.4 Å². The molecule has 106 valence electrons. The maximum absolute atomic E-state index is 13.3. The van der Waals surface area contributed by atoms with Crippen molar-refractivity contribution in [3.05, 3.63) is 58.4 Å². The molecule has 0 heterocycles. The number of methoxy groups -OCH3 is 1. The lowest BCUT2D eigenvalue weighted by atomic mass is 10.2. The average molecular weight is 315 g/mol. The summed E-state index contributed by atoms with van der Waals surface area (Å²) in [6, 6.07) is 10.0. The molecule has 0 saturated heterocycles. The minimum Gasteiger partial charge on any atom is -0.493 e. The minimum atomic E-state index is -0.461. The Balaban J connectivity index is 2.12. The summed E-state index contributed by atoms with van der Waals surface area (Å²) in [4.78, 5) is 0. The van der Waals surface area contributed by atoms with Crippen LogP contribution in [0.4, 0.5) is 4.39 Å². The number of hydrogen-bond acceptors (Lipinski definition) is 2. The van der Waals surface area contributed by atoms with Crippen molar-refractivity contribution in [1.82, 2.24) is 0 Å². The van der Waals surface area contributed by atoms with Gasteiger partial charge >= 0.3 is 0 Å². The van der Waals surface area contributed by atoms with E-state index in [2.05, 4.69) is 0 Å². The molecule has 2 aromatic carbocycles. The molecule has 0 radical (unpaired) electrons. The van der Waals surface area contributed by atoms with E-state index in [0.717, 1.165) is 5.56 Å². The maximum Gasteiger partial charge on any atom is 0.161 e. The number of alkyl halides is 1. The zero-order valence-corrected chi connectivity index (χ0v) is 12.3. The normalized spacial score (nSPS) is 10.4. The number of rotatable bonds is 5. The second kappa shape index (κ2) is 6.82. The summed E-state index contributed by atoms with van der Waals surface area (Å²) in [6.45, 7) is 0.227. The first-order valence-corrected chi connectivity index (χ1v) is 6.85. The monoisotopic (exact) mass is 314 g/mol. The van der Waals surface area contributed by atoms with Crippen molar-refractivity contribution < 1.29 is 13.9 Å². The zero-order valence-electron chi connectivity index (χ0n) is 10.8. The summed E-state index contributed by atoms with van der Waals surface area (Å²) < 4.78 is 24.2. The largest absolute Gasteiger partial charge is 0.493 e. The van der Waals surface area contributed by atoms with E-state index in [0.29, 0.717) is 22.9 Å². The standard InChI is InChI=1S/C15H13Cl2FO2/c1-19-15-7-10(8-16)3-5-14(15)20-9-11-2-4-12(17)13(18)6-11/h2-7H,8-9H2,1H3. The van der Waals surface area contributed by atoms with Gasteiger partial charge in [-0.15, -0.1) is 11.6 Å². The minimum absolute atomic E-state index is 0.0952. The van der Waals surface area contributed by atoms with Crippen LogP contribution in [0.3, 0.4) is 0 Å². The van der Waals surface area contributed by atoms with Gasteiger partial charge in [-0.1, -0.05) is 23.7 Å². The van der Waals surface area contributed by atoms with Crippen LogP contribution in [0.1, 0.15) is 11.1 Å². The number of hydrogen-bond donors (Lipinski definition) is 0. The Bertz CT molecular complexity index is 602. The Morgan fingerprint density at radius 1 is 1.05 bits per heavy atom. The van der Waals surface area contributed by atoms with Gasteiger partial charge in [-0.25, -0.2) is 4.39 Å². The van der Waals surface area contributed by atoms with E-state index in [1.165, 1.54) is 12.1 Å². The van der Waals surface area contributed by atoms with Crippen molar-refractivity contribution in [3.63, 3.8) is 0 Å². The molecule has 2 rings (SSSR count).